The van der Waals surface area contributed by atoms with Crippen molar-refractivity contribution in [3.05, 3.63) is 78.6 Å². The molecule has 3 heterocycles. The Labute approximate surface area is 182 Å². The lowest BCUT2D eigenvalue weighted by Crippen LogP contribution is -2.47. The number of amides is 1. The van der Waals surface area contributed by atoms with Crippen molar-refractivity contribution < 1.29 is 4.79 Å². The van der Waals surface area contributed by atoms with Crippen LogP contribution in [0.25, 0.3) is 33.3 Å². The minimum atomic E-state index is 0.174. The summed E-state index contributed by atoms with van der Waals surface area (Å²) >= 11 is 0. The molecule has 1 amide bonds. The summed E-state index contributed by atoms with van der Waals surface area (Å²) in [7, 11) is 0. The highest BCUT2D eigenvalue weighted by molar-refractivity contribution is 5.95. The van der Waals surface area contributed by atoms with Crippen LogP contribution in [0.3, 0.4) is 0 Å². The van der Waals surface area contributed by atoms with Crippen molar-refractivity contribution >= 4 is 16.9 Å². The molecule has 0 saturated carbocycles. The molecule has 5 rings (SSSR count). The van der Waals surface area contributed by atoms with Crippen molar-refractivity contribution in [2.45, 2.75) is 13.5 Å². The van der Waals surface area contributed by atoms with Crippen LogP contribution in [0.4, 0.5) is 0 Å². The number of aromatic amines is 1. The Morgan fingerprint density at radius 2 is 1.68 bits per heavy atom. The van der Waals surface area contributed by atoms with Crippen LogP contribution in [-0.2, 0) is 11.3 Å². The van der Waals surface area contributed by atoms with Crippen LogP contribution in [0.2, 0.25) is 0 Å². The molecule has 2 aromatic carbocycles. The van der Waals surface area contributed by atoms with Gasteiger partial charge in [0.25, 0.3) is 0 Å². The Bertz CT molecular complexity index is 1190. The van der Waals surface area contributed by atoms with E-state index in [-0.39, 0.29) is 5.91 Å². The molecule has 5 heteroatoms. The zero-order valence-corrected chi connectivity index (χ0v) is 17.7. The van der Waals surface area contributed by atoms with Gasteiger partial charge in [-0.15, -0.1) is 0 Å². The Morgan fingerprint density at radius 3 is 2.39 bits per heavy atom. The highest BCUT2D eigenvalue weighted by atomic mass is 16.2. The first kappa shape index (κ1) is 19.5. The number of nitrogens with one attached hydrogen (secondary N) is 1. The summed E-state index contributed by atoms with van der Waals surface area (Å²) in [6, 6.07) is 21.4. The standard InChI is InChI=1S/C26H26N4O/c1-19(31)30-13-11-29(12-14-30)18-20-7-9-21(10-8-20)23-15-24-25(17-28-26(24)27-16-23)22-5-3-2-4-6-22/h2-10,15-17H,11-14,18H2,1H3,(H,27,28). The molecule has 1 aliphatic rings. The molecular formula is C26H26N4O. The number of H-pyrrole nitrogens is 1. The third-order valence-electron chi connectivity index (χ3n) is 6.13. The van der Waals surface area contributed by atoms with Gasteiger partial charge in [-0.25, -0.2) is 4.98 Å². The molecule has 0 aliphatic carbocycles. The van der Waals surface area contributed by atoms with Crippen molar-refractivity contribution in [3.63, 3.8) is 0 Å². The number of fused-ring (bicyclic) bond motifs is 1. The molecule has 0 unspecified atom stereocenters. The van der Waals surface area contributed by atoms with Crippen LogP contribution < -0.4 is 0 Å². The predicted molar refractivity (Wildman–Crippen MR) is 124 cm³/mol. The van der Waals surface area contributed by atoms with Gasteiger partial charge in [-0.05, 0) is 22.8 Å². The number of pyridine rings is 1. The van der Waals surface area contributed by atoms with Crippen LogP contribution in [0.1, 0.15) is 12.5 Å². The number of nitrogens with zero attached hydrogens (tertiary/aromatic N) is 3. The van der Waals surface area contributed by atoms with Crippen LogP contribution in [0.5, 0.6) is 0 Å². The Morgan fingerprint density at radius 1 is 0.935 bits per heavy atom. The fourth-order valence-corrected chi connectivity index (χ4v) is 4.30. The van der Waals surface area contributed by atoms with Gasteiger partial charge in [-0.3, -0.25) is 9.69 Å². The van der Waals surface area contributed by atoms with Gasteiger partial charge in [0.15, 0.2) is 0 Å². The third-order valence-corrected chi connectivity index (χ3v) is 6.13. The van der Waals surface area contributed by atoms with Crippen LogP contribution in [0.15, 0.2) is 73.1 Å². The second-order valence-electron chi connectivity index (χ2n) is 8.17. The summed E-state index contributed by atoms with van der Waals surface area (Å²) in [5.74, 6) is 0.174. The molecule has 156 valence electrons. The zero-order chi connectivity index (χ0) is 21.2. The van der Waals surface area contributed by atoms with E-state index < -0.39 is 0 Å². The Balaban J connectivity index is 1.33. The first-order valence-electron chi connectivity index (χ1n) is 10.8. The van der Waals surface area contributed by atoms with Gasteiger partial charge in [-0.1, -0.05) is 54.6 Å². The summed E-state index contributed by atoms with van der Waals surface area (Å²) in [6.45, 7) is 6.06. The van der Waals surface area contributed by atoms with E-state index in [1.54, 1.807) is 6.92 Å². The Hall–Kier alpha value is -3.44. The SMILES string of the molecule is CC(=O)N1CCN(Cc2ccc(-c3cnc4[nH]cc(-c5ccccc5)c4c3)cc2)CC1. The molecule has 0 spiro atoms. The summed E-state index contributed by atoms with van der Waals surface area (Å²) in [5, 5.41) is 1.14. The van der Waals surface area contributed by atoms with Gasteiger partial charge in [0.05, 0.1) is 0 Å². The maximum atomic E-state index is 11.5. The highest BCUT2D eigenvalue weighted by Crippen LogP contribution is 2.31. The van der Waals surface area contributed by atoms with Crippen LogP contribution >= 0.6 is 0 Å². The van der Waals surface area contributed by atoms with E-state index >= 15 is 0 Å². The minimum Gasteiger partial charge on any atom is -0.346 e. The van der Waals surface area contributed by atoms with E-state index in [0.717, 1.165) is 49.3 Å². The summed E-state index contributed by atoms with van der Waals surface area (Å²) in [5.41, 5.74) is 6.84. The number of aromatic nitrogens is 2. The van der Waals surface area contributed by atoms with E-state index in [1.807, 2.05) is 23.4 Å². The van der Waals surface area contributed by atoms with Gasteiger partial charge in [0, 0.05) is 68.6 Å². The topological polar surface area (TPSA) is 52.2 Å². The average molecular weight is 411 g/mol. The van der Waals surface area contributed by atoms with Gasteiger partial charge < -0.3 is 9.88 Å². The molecule has 2 aromatic heterocycles. The van der Waals surface area contributed by atoms with Crippen molar-refractivity contribution in [1.82, 2.24) is 19.8 Å². The third kappa shape index (κ3) is 4.09. The normalized spacial score (nSPS) is 14.8. The first-order valence-corrected chi connectivity index (χ1v) is 10.8. The largest absolute Gasteiger partial charge is 0.346 e. The molecule has 1 N–H and O–H groups in total. The quantitative estimate of drug-likeness (QED) is 0.537. The lowest BCUT2D eigenvalue weighted by Gasteiger charge is -2.34. The first-order chi connectivity index (χ1) is 15.2. The molecule has 1 fully saturated rings. The highest BCUT2D eigenvalue weighted by Gasteiger charge is 2.18. The summed E-state index contributed by atoms with van der Waals surface area (Å²) in [6.07, 6.45) is 3.97. The lowest BCUT2D eigenvalue weighted by atomic mass is 10.0. The fraction of sp³-hybridized carbons (Fsp3) is 0.231. The number of piperazine rings is 1. The van der Waals surface area contributed by atoms with Crippen molar-refractivity contribution in [3.8, 4) is 22.3 Å². The second kappa shape index (κ2) is 8.36. The number of rotatable bonds is 4. The number of carbonyl (C=O) groups excluding carboxylic acids is 1. The molecule has 0 atom stereocenters. The smallest absolute Gasteiger partial charge is 0.219 e. The molecule has 1 aliphatic heterocycles. The summed E-state index contributed by atoms with van der Waals surface area (Å²) in [4.78, 5) is 23.8. The van der Waals surface area contributed by atoms with Crippen molar-refractivity contribution in [2.75, 3.05) is 26.2 Å². The second-order valence-corrected chi connectivity index (χ2v) is 8.17. The average Bonchev–Trinajstić information content (AvgIpc) is 3.24. The van der Waals surface area contributed by atoms with Gasteiger partial charge in [-0.2, -0.15) is 0 Å². The van der Waals surface area contributed by atoms with Crippen LogP contribution in [0, 0.1) is 0 Å². The molecule has 0 bridgehead atoms. The minimum absolute atomic E-state index is 0.174. The Kier molecular flexibility index (Phi) is 5.26. The van der Waals surface area contributed by atoms with E-state index in [2.05, 4.69) is 69.5 Å². The van der Waals surface area contributed by atoms with E-state index in [9.17, 15) is 4.79 Å². The maximum Gasteiger partial charge on any atom is 0.219 e. The predicted octanol–water partition coefficient (Wildman–Crippen LogP) is 4.56. The van der Waals surface area contributed by atoms with Gasteiger partial charge >= 0.3 is 0 Å². The van der Waals surface area contributed by atoms with Gasteiger partial charge in [0.1, 0.15) is 5.65 Å². The van der Waals surface area contributed by atoms with Crippen molar-refractivity contribution in [2.24, 2.45) is 0 Å². The summed E-state index contributed by atoms with van der Waals surface area (Å²) < 4.78 is 0. The van der Waals surface area contributed by atoms with Crippen molar-refractivity contribution in [1.29, 1.82) is 0 Å². The molecule has 5 nitrogen and oxygen atoms in total. The number of hydrogen-bond acceptors (Lipinski definition) is 3. The number of carbonyl (C=O) groups is 1. The fourth-order valence-electron chi connectivity index (χ4n) is 4.30. The molecule has 0 radical (unpaired) electrons. The molecule has 31 heavy (non-hydrogen) atoms. The molecular weight excluding hydrogens is 384 g/mol. The number of benzene rings is 2. The molecule has 1 saturated heterocycles. The van der Waals surface area contributed by atoms with Gasteiger partial charge in [0.2, 0.25) is 5.91 Å². The van der Waals surface area contributed by atoms with E-state index in [0.29, 0.717) is 0 Å². The molecule has 4 aromatic rings. The zero-order valence-electron chi connectivity index (χ0n) is 17.7. The van der Waals surface area contributed by atoms with E-state index in [4.69, 9.17) is 0 Å². The maximum absolute atomic E-state index is 11.5. The monoisotopic (exact) mass is 410 g/mol. The van der Waals surface area contributed by atoms with Crippen LogP contribution in [-0.4, -0.2) is 51.9 Å². The van der Waals surface area contributed by atoms with E-state index in [1.165, 1.54) is 22.3 Å². The lowest BCUT2D eigenvalue weighted by molar-refractivity contribution is -0.130. The number of hydrogen-bond donors (Lipinski definition) is 1.